The number of aliphatic imine (C=N–C) groups is 2. The number of pyridine rings is 2. The lowest BCUT2D eigenvalue weighted by atomic mass is 10.0. The molecule has 390 valence electrons. The minimum Gasteiger partial charge on any atom is -0.483 e. The molecule has 1 atom stereocenters. The van der Waals surface area contributed by atoms with Gasteiger partial charge in [-0.1, -0.05) is 18.9 Å². The molecule has 0 bridgehead atoms. The van der Waals surface area contributed by atoms with Crippen LogP contribution in [0, 0.1) is 13.8 Å². The standard InChI is InChI=1S/C50H63N11O12/c1-31-32(2)45(60(34-8-5-6-9-34)48(68)43(31)33(3)62)57-50(51-4)55-39-14-12-35(28-54-39)59-20-18-58(19-21-59)29-41(64)52-16-22-70-24-26-72-27-25-71-23-17-53-42(65)30-73-38-11-7-10-36-44(38)49(69)61(47(36)67)37-13-15-40(63)56-46(37)66/h7,10-12,14,28,34,37H,4-6,8-9,13,15-27,29-30H2,1-3H3,(H,52,64)(H,53,65)(H,54,55,57)(H,56,63,66). The van der Waals surface area contributed by atoms with E-state index in [9.17, 15) is 38.4 Å². The number of carbonyl (C=O) groups excluding carboxylic acids is 7. The highest BCUT2D eigenvalue weighted by molar-refractivity contribution is 6.24. The van der Waals surface area contributed by atoms with E-state index in [1.54, 1.807) is 17.7 Å². The summed E-state index contributed by atoms with van der Waals surface area (Å²) in [6.45, 7) is 13.7. The minimum atomic E-state index is -1.12. The first-order valence-corrected chi connectivity index (χ1v) is 24.5. The number of piperidine rings is 1. The van der Waals surface area contributed by atoms with E-state index in [0.29, 0.717) is 76.4 Å². The smallest absolute Gasteiger partial charge is 0.266 e. The van der Waals surface area contributed by atoms with Crippen molar-refractivity contribution in [2.45, 2.75) is 71.4 Å². The predicted molar refractivity (Wildman–Crippen MR) is 268 cm³/mol. The molecule has 0 radical (unpaired) electrons. The van der Waals surface area contributed by atoms with Crippen LogP contribution in [-0.4, -0.2) is 171 Å². The number of carbonyl (C=O) groups is 7. The van der Waals surface area contributed by atoms with Gasteiger partial charge in [-0.15, -0.1) is 0 Å². The van der Waals surface area contributed by atoms with E-state index < -0.39 is 42.2 Å². The molecule has 6 amide bonds. The van der Waals surface area contributed by atoms with E-state index in [4.69, 9.17) is 23.9 Å². The molecule has 0 spiro atoms. The van der Waals surface area contributed by atoms with Gasteiger partial charge in [-0.2, -0.15) is 4.99 Å². The van der Waals surface area contributed by atoms with Crippen molar-refractivity contribution < 1.29 is 52.5 Å². The van der Waals surface area contributed by atoms with Crippen LogP contribution in [0.2, 0.25) is 0 Å². The third-order valence-corrected chi connectivity index (χ3v) is 13.1. The Bertz CT molecular complexity index is 2660. The predicted octanol–water partition coefficient (Wildman–Crippen LogP) is 1.86. The number of imide groups is 2. The number of nitrogens with zero attached hydrogens (tertiary/aromatic N) is 7. The maximum atomic E-state index is 13.6. The molecule has 7 rings (SSSR count). The number of rotatable bonds is 23. The highest BCUT2D eigenvalue weighted by Gasteiger charge is 2.46. The van der Waals surface area contributed by atoms with E-state index in [-0.39, 0.29) is 90.8 Å². The van der Waals surface area contributed by atoms with Gasteiger partial charge >= 0.3 is 0 Å². The van der Waals surface area contributed by atoms with Crippen molar-refractivity contribution in [2.24, 2.45) is 9.98 Å². The Morgan fingerprint density at radius 1 is 0.822 bits per heavy atom. The zero-order valence-electron chi connectivity index (χ0n) is 41.5. The molecule has 3 aromatic rings. The van der Waals surface area contributed by atoms with Crippen LogP contribution in [0.25, 0.3) is 0 Å². The summed E-state index contributed by atoms with van der Waals surface area (Å²) in [6.07, 6.45) is 5.46. The van der Waals surface area contributed by atoms with E-state index in [1.165, 1.54) is 25.1 Å². The van der Waals surface area contributed by atoms with Gasteiger partial charge in [0.2, 0.25) is 23.7 Å². The Kier molecular flexibility index (Phi) is 18.7. The summed E-state index contributed by atoms with van der Waals surface area (Å²) in [5, 5.41) is 10.8. The Morgan fingerprint density at radius 2 is 1.49 bits per heavy atom. The van der Waals surface area contributed by atoms with Crippen molar-refractivity contribution in [1.82, 2.24) is 35.3 Å². The number of piperazine rings is 1. The number of hydrogen-bond donors (Lipinski definition) is 4. The average Bonchev–Trinajstić information content (AvgIpc) is 4.00. The largest absolute Gasteiger partial charge is 0.483 e. The normalized spacial score (nSPS) is 17.4. The van der Waals surface area contributed by atoms with Crippen molar-refractivity contribution >= 4 is 71.2 Å². The highest BCUT2D eigenvalue weighted by atomic mass is 16.5. The number of anilines is 2. The fourth-order valence-electron chi connectivity index (χ4n) is 9.22. The van der Waals surface area contributed by atoms with Crippen molar-refractivity contribution in [1.29, 1.82) is 0 Å². The monoisotopic (exact) mass is 1010 g/mol. The number of fused-ring (bicyclic) bond motifs is 1. The summed E-state index contributed by atoms with van der Waals surface area (Å²) in [4.78, 5) is 120. The Labute approximate surface area is 422 Å². The van der Waals surface area contributed by atoms with Gasteiger partial charge in [-0.3, -0.25) is 58.0 Å². The van der Waals surface area contributed by atoms with E-state index in [2.05, 4.69) is 47.8 Å². The summed E-state index contributed by atoms with van der Waals surface area (Å²) < 4.78 is 23.9. The van der Waals surface area contributed by atoms with Gasteiger partial charge in [0, 0.05) is 51.7 Å². The number of guanidine groups is 1. The Morgan fingerprint density at radius 3 is 2.12 bits per heavy atom. The first-order valence-electron chi connectivity index (χ1n) is 24.5. The zero-order valence-corrected chi connectivity index (χ0v) is 41.5. The van der Waals surface area contributed by atoms with Crippen molar-refractivity contribution in [3.8, 4) is 5.75 Å². The van der Waals surface area contributed by atoms with Crippen LogP contribution in [0.5, 0.6) is 5.75 Å². The average molecular weight is 1010 g/mol. The number of ether oxygens (including phenoxy) is 4. The topological polar surface area (TPSA) is 274 Å². The van der Waals surface area contributed by atoms with Gasteiger partial charge < -0.3 is 39.8 Å². The molecular formula is C50H63N11O12. The molecule has 4 N–H and O–H groups in total. The fourth-order valence-corrected chi connectivity index (χ4v) is 9.22. The summed E-state index contributed by atoms with van der Waals surface area (Å²) >= 11 is 0. The lowest BCUT2D eigenvalue weighted by Crippen LogP contribution is -2.54. The second-order valence-corrected chi connectivity index (χ2v) is 18.0. The van der Waals surface area contributed by atoms with Crippen LogP contribution in [0.4, 0.5) is 17.3 Å². The molecule has 2 aromatic heterocycles. The first-order chi connectivity index (χ1) is 35.2. The summed E-state index contributed by atoms with van der Waals surface area (Å²) in [7, 11) is 0. The lowest BCUT2D eigenvalue weighted by Gasteiger charge is -2.35. The number of ketones is 1. The van der Waals surface area contributed by atoms with Gasteiger partial charge in [0.15, 0.2) is 12.4 Å². The van der Waals surface area contributed by atoms with Crippen LogP contribution in [0.3, 0.4) is 0 Å². The molecule has 1 saturated carbocycles. The van der Waals surface area contributed by atoms with Crippen molar-refractivity contribution in [2.75, 3.05) is 102 Å². The molecule has 1 aliphatic carbocycles. The molecule has 73 heavy (non-hydrogen) atoms. The molecule has 3 aliphatic heterocycles. The second-order valence-electron chi connectivity index (χ2n) is 18.0. The van der Waals surface area contributed by atoms with E-state index >= 15 is 0 Å². The SMILES string of the molecule is C=N/C(=N\c1c(C)c(C)c(C(C)=O)c(=O)n1C1CCCC1)Nc1ccc(N2CCN(CC(=O)NCCOCCOCCOCCNC(=O)COc3cccc4c3C(=O)N(C3CCC(=O)NC3=O)C4=O)CC2)cn1. The number of amides is 6. The van der Waals surface area contributed by atoms with Gasteiger partial charge in [0.1, 0.15) is 23.4 Å². The van der Waals surface area contributed by atoms with Crippen LogP contribution in [0.15, 0.2) is 51.3 Å². The van der Waals surface area contributed by atoms with Crippen LogP contribution >= 0.6 is 0 Å². The molecule has 3 fully saturated rings. The summed E-state index contributed by atoms with van der Waals surface area (Å²) in [5.41, 5.74) is 2.16. The highest BCUT2D eigenvalue weighted by Crippen LogP contribution is 2.36. The minimum absolute atomic E-state index is 0.00161. The summed E-state index contributed by atoms with van der Waals surface area (Å²) in [5.74, 6) is -2.25. The van der Waals surface area contributed by atoms with Crippen LogP contribution < -0.4 is 36.5 Å². The Hall–Kier alpha value is -7.21. The number of nitrogens with one attached hydrogen (secondary N) is 4. The van der Waals surface area contributed by atoms with Gasteiger partial charge in [-0.25, -0.2) is 9.98 Å². The third kappa shape index (κ3) is 13.5. The van der Waals surface area contributed by atoms with Crippen molar-refractivity contribution in [3.63, 3.8) is 0 Å². The van der Waals surface area contributed by atoms with Gasteiger partial charge in [0.25, 0.3) is 23.3 Å². The van der Waals surface area contributed by atoms with E-state index in [1.807, 2.05) is 19.1 Å². The Balaban J connectivity index is 0.710. The van der Waals surface area contributed by atoms with Crippen LogP contribution in [-0.2, 0) is 33.4 Å². The molecule has 1 unspecified atom stereocenters. The molecular weight excluding hydrogens is 947 g/mol. The third-order valence-electron chi connectivity index (χ3n) is 13.1. The molecule has 23 nitrogen and oxygen atoms in total. The molecule has 4 aliphatic rings. The number of aromatic nitrogens is 2. The lowest BCUT2D eigenvalue weighted by molar-refractivity contribution is -0.136. The molecule has 2 saturated heterocycles. The van der Waals surface area contributed by atoms with Gasteiger partial charge in [-0.05, 0) is 82.1 Å². The van der Waals surface area contributed by atoms with Crippen molar-refractivity contribution in [3.05, 3.63) is 74.7 Å². The maximum absolute atomic E-state index is 13.6. The number of Topliss-reactive ketones (excluding diaryl/α,β-unsaturated/α-hetero) is 1. The second kappa shape index (κ2) is 25.4. The summed E-state index contributed by atoms with van der Waals surface area (Å²) in [6, 6.07) is 7.02. The first kappa shape index (κ1) is 53.6. The fraction of sp³-hybridized carbons (Fsp3) is 0.500. The molecule has 5 heterocycles. The quantitative estimate of drug-likeness (QED) is 0.0347. The maximum Gasteiger partial charge on any atom is 0.266 e. The number of hydrogen-bond acceptors (Lipinski definition) is 16. The molecule has 23 heteroatoms. The number of benzene rings is 1. The van der Waals surface area contributed by atoms with E-state index in [0.717, 1.165) is 41.8 Å². The molecule has 1 aromatic carbocycles. The zero-order chi connectivity index (χ0) is 52.0. The van der Waals surface area contributed by atoms with Crippen LogP contribution in [0.1, 0.15) is 93.7 Å². The van der Waals surface area contributed by atoms with Gasteiger partial charge in [0.05, 0.1) is 74.8 Å².